The summed E-state index contributed by atoms with van der Waals surface area (Å²) < 4.78 is 4.67. The van der Waals surface area contributed by atoms with Gasteiger partial charge >= 0.3 is 0 Å². The zero-order valence-electron chi connectivity index (χ0n) is 15.3. The summed E-state index contributed by atoms with van der Waals surface area (Å²) >= 11 is 0. The standard InChI is InChI=1S/C26H18N2/c1-3-9-20(10-4-1)27-18-17-19-15-16-24-25(26(19)27)22-13-7-8-14-23(22)28(24)21-11-5-2-6-12-21/h1-18H. The summed E-state index contributed by atoms with van der Waals surface area (Å²) in [4.78, 5) is 0. The number of aromatic nitrogens is 2. The lowest BCUT2D eigenvalue weighted by atomic mass is 10.1. The first-order chi connectivity index (χ1) is 13.9. The van der Waals surface area contributed by atoms with Gasteiger partial charge in [-0.3, -0.25) is 0 Å². The maximum atomic E-state index is 2.37. The number of nitrogens with zero attached hydrogens (tertiary/aromatic N) is 2. The van der Waals surface area contributed by atoms with Gasteiger partial charge in [-0.2, -0.15) is 0 Å². The monoisotopic (exact) mass is 358 g/mol. The first-order valence-corrected chi connectivity index (χ1v) is 9.56. The highest BCUT2D eigenvalue weighted by Crippen LogP contribution is 2.37. The van der Waals surface area contributed by atoms with Crippen LogP contribution in [0, 0.1) is 0 Å². The molecule has 0 aliphatic rings. The van der Waals surface area contributed by atoms with Crippen LogP contribution in [0.5, 0.6) is 0 Å². The van der Waals surface area contributed by atoms with Crippen LogP contribution >= 0.6 is 0 Å². The predicted molar refractivity (Wildman–Crippen MR) is 118 cm³/mol. The summed E-state index contributed by atoms with van der Waals surface area (Å²) in [5, 5.41) is 3.83. The Morgan fingerprint density at radius 2 is 1.18 bits per heavy atom. The molecule has 0 unspecified atom stereocenters. The molecule has 0 atom stereocenters. The predicted octanol–water partition coefficient (Wildman–Crippen LogP) is 6.73. The highest BCUT2D eigenvalue weighted by Gasteiger charge is 2.16. The number of rotatable bonds is 2. The van der Waals surface area contributed by atoms with Crippen LogP contribution in [0.25, 0.3) is 44.1 Å². The fourth-order valence-corrected chi connectivity index (χ4v) is 4.34. The second-order valence-corrected chi connectivity index (χ2v) is 7.11. The molecule has 0 saturated heterocycles. The minimum absolute atomic E-state index is 1.18. The Morgan fingerprint density at radius 1 is 0.500 bits per heavy atom. The molecular formula is C26H18N2. The first-order valence-electron chi connectivity index (χ1n) is 9.56. The van der Waals surface area contributed by atoms with E-state index in [1.165, 1.54) is 44.1 Å². The van der Waals surface area contributed by atoms with Crippen molar-refractivity contribution in [2.75, 3.05) is 0 Å². The van der Waals surface area contributed by atoms with Crippen molar-refractivity contribution in [2.24, 2.45) is 0 Å². The summed E-state index contributed by atoms with van der Waals surface area (Å²) in [5.41, 5.74) is 6.09. The van der Waals surface area contributed by atoms with E-state index in [9.17, 15) is 0 Å². The van der Waals surface area contributed by atoms with Gasteiger partial charge in [-0.25, -0.2) is 0 Å². The van der Waals surface area contributed by atoms with Crippen LogP contribution in [0.15, 0.2) is 109 Å². The Labute approximate surface area is 162 Å². The molecule has 0 aliphatic carbocycles. The lowest BCUT2D eigenvalue weighted by molar-refractivity contribution is 1.13. The van der Waals surface area contributed by atoms with Crippen molar-refractivity contribution in [3.05, 3.63) is 109 Å². The topological polar surface area (TPSA) is 9.86 Å². The van der Waals surface area contributed by atoms with Crippen LogP contribution in [0.4, 0.5) is 0 Å². The van der Waals surface area contributed by atoms with E-state index >= 15 is 0 Å². The molecule has 0 amide bonds. The van der Waals surface area contributed by atoms with Crippen LogP contribution in [-0.4, -0.2) is 9.13 Å². The molecule has 0 N–H and O–H groups in total. The number of para-hydroxylation sites is 3. The van der Waals surface area contributed by atoms with E-state index in [0.717, 1.165) is 0 Å². The quantitative estimate of drug-likeness (QED) is 0.325. The van der Waals surface area contributed by atoms with Crippen molar-refractivity contribution in [3.63, 3.8) is 0 Å². The van der Waals surface area contributed by atoms with Gasteiger partial charge in [-0.15, -0.1) is 0 Å². The van der Waals surface area contributed by atoms with Gasteiger partial charge < -0.3 is 9.13 Å². The normalized spacial score (nSPS) is 11.6. The molecular weight excluding hydrogens is 340 g/mol. The number of hydrogen-bond donors (Lipinski definition) is 0. The zero-order valence-corrected chi connectivity index (χ0v) is 15.3. The molecule has 2 nitrogen and oxygen atoms in total. The second-order valence-electron chi connectivity index (χ2n) is 7.11. The Kier molecular flexibility index (Phi) is 3.20. The third-order valence-corrected chi connectivity index (χ3v) is 5.54. The van der Waals surface area contributed by atoms with Crippen LogP contribution in [0.2, 0.25) is 0 Å². The highest BCUT2D eigenvalue weighted by atomic mass is 15.0. The van der Waals surface area contributed by atoms with Gasteiger partial charge in [-0.05, 0) is 42.5 Å². The lowest BCUT2D eigenvalue weighted by Gasteiger charge is -2.09. The van der Waals surface area contributed by atoms with E-state index in [4.69, 9.17) is 0 Å². The Balaban J connectivity index is 1.83. The van der Waals surface area contributed by atoms with Gasteiger partial charge in [0, 0.05) is 33.7 Å². The molecule has 4 aromatic carbocycles. The summed E-state index contributed by atoms with van der Waals surface area (Å²) in [6.45, 7) is 0. The van der Waals surface area contributed by atoms with E-state index in [0.29, 0.717) is 0 Å². The van der Waals surface area contributed by atoms with Crippen molar-refractivity contribution >= 4 is 32.7 Å². The van der Waals surface area contributed by atoms with Gasteiger partial charge in [0.05, 0.1) is 16.6 Å². The summed E-state index contributed by atoms with van der Waals surface area (Å²) in [6.07, 6.45) is 2.17. The molecule has 0 saturated carbocycles. The van der Waals surface area contributed by atoms with Crippen molar-refractivity contribution in [3.8, 4) is 11.4 Å². The van der Waals surface area contributed by atoms with Crippen molar-refractivity contribution in [1.82, 2.24) is 9.13 Å². The minimum atomic E-state index is 1.18. The molecule has 132 valence electrons. The van der Waals surface area contributed by atoms with Crippen LogP contribution < -0.4 is 0 Å². The Bertz CT molecular complexity index is 1440. The molecule has 28 heavy (non-hydrogen) atoms. The van der Waals surface area contributed by atoms with E-state index in [2.05, 4.69) is 118 Å². The van der Waals surface area contributed by atoms with Gasteiger partial charge in [0.1, 0.15) is 0 Å². The number of fused-ring (bicyclic) bond motifs is 5. The molecule has 0 fully saturated rings. The maximum absolute atomic E-state index is 2.37. The number of benzene rings is 4. The van der Waals surface area contributed by atoms with Crippen molar-refractivity contribution in [1.29, 1.82) is 0 Å². The largest absolute Gasteiger partial charge is 0.316 e. The zero-order chi connectivity index (χ0) is 18.5. The summed E-state index contributed by atoms with van der Waals surface area (Å²) in [7, 11) is 0. The first kappa shape index (κ1) is 15.3. The molecule has 2 heterocycles. The average molecular weight is 358 g/mol. The molecule has 6 aromatic rings. The van der Waals surface area contributed by atoms with Crippen LogP contribution in [0.1, 0.15) is 0 Å². The van der Waals surface area contributed by atoms with Crippen LogP contribution in [-0.2, 0) is 0 Å². The van der Waals surface area contributed by atoms with E-state index < -0.39 is 0 Å². The van der Waals surface area contributed by atoms with Gasteiger partial charge in [0.25, 0.3) is 0 Å². The van der Waals surface area contributed by atoms with Gasteiger partial charge in [0.15, 0.2) is 0 Å². The van der Waals surface area contributed by atoms with Crippen molar-refractivity contribution in [2.45, 2.75) is 0 Å². The third-order valence-electron chi connectivity index (χ3n) is 5.54. The van der Waals surface area contributed by atoms with Gasteiger partial charge in [-0.1, -0.05) is 60.7 Å². The minimum Gasteiger partial charge on any atom is -0.316 e. The fourth-order valence-electron chi connectivity index (χ4n) is 4.34. The van der Waals surface area contributed by atoms with Gasteiger partial charge in [0.2, 0.25) is 0 Å². The smallest absolute Gasteiger partial charge is 0.0628 e. The molecule has 2 heteroatoms. The van der Waals surface area contributed by atoms with Crippen LogP contribution in [0.3, 0.4) is 0 Å². The SMILES string of the molecule is c1ccc(-n2ccc3ccc4c(c5ccccc5n4-c4ccccc4)c32)cc1. The highest BCUT2D eigenvalue weighted by molar-refractivity contribution is 6.20. The molecule has 0 bridgehead atoms. The molecule has 0 aliphatic heterocycles. The maximum Gasteiger partial charge on any atom is 0.0628 e. The van der Waals surface area contributed by atoms with E-state index in [1.54, 1.807) is 0 Å². The summed E-state index contributed by atoms with van der Waals surface area (Å²) in [6, 6.07) is 36.6. The lowest BCUT2D eigenvalue weighted by Crippen LogP contribution is -1.94. The molecule has 6 rings (SSSR count). The molecule has 0 spiro atoms. The third kappa shape index (κ3) is 2.09. The number of hydrogen-bond acceptors (Lipinski definition) is 0. The average Bonchev–Trinajstić information content (AvgIpc) is 3.34. The summed E-state index contributed by atoms with van der Waals surface area (Å²) in [5.74, 6) is 0. The van der Waals surface area contributed by atoms with E-state index in [-0.39, 0.29) is 0 Å². The molecule has 2 aromatic heterocycles. The fraction of sp³-hybridized carbons (Fsp3) is 0. The Hall–Kier alpha value is -3.78. The second kappa shape index (κ2) is 5.86. The molecule has 0 radical (unpaired) electrons. The van der Waals surface area contributed by atoms with Crippen molar-refractivity contribution < 1.29 is 0 Å². The van der Waals surface area contributed by atoms with E-state index in [1.807, 2.05) is 0 Å². The Morgan fingerprint density at radius 3 is 1.96 bits per heavy atom.